The van der Waals surface area contributed by atoms with Gasteiger partial charge in [0.1, 0.15) is 0 Å². The first-order valence-electron chi connectivity index (χ1n) is 8.46. The Morgan fingerprint density at radius 3 is 2.10 bits per heavy atom. The van der Waals surface area contributed by atoms with E-state index >= 15 is 0 Å². The van der Waals surface area contributed by atoms with Crippen LogP contribution in [-0.4, -0.2) is 36.3 Å². The van der Waals surface area contributed by atoms with Gasteiger partial charge in [-0.25, -0.2) is 26.3 Å². The number of carbonyl (C=O) groups is 1. The van der Waals surface area contributed by atoms with Crippen molar-refractivity contribution in [2.24, 2.45) is 0 Å². The Kier molecular flexibility index (Phi) is 7.70. The molecule has 0 aromatic heterocycles. The summed E-state index contributed by atoms with van der Waals surface area (Å²) in [6.45, 7) is -0.385. The van der Waals surface area contributed by atoms with E-state index in [1.54, 1.807) is 0 Å². The molecule has 3 N–H and O–H groups in total. The molecule has 0 unspecified atom stereocenters. The predicted molar refractivity (Wildman–Crippen MR) is 108 cm³/mol. The Labute approximate surface area is 181 Å². The molecule has 0 aliphatic carbocycles. The Balaban J connectivity index is 1.98. The van der Waals surface area contributed by atoms with Gasteiger partial charge in [-0.3, -0.25) is 4.79 Å². The molecule has 0 spiro atoms. The van der Waals surface area contributed by atoms with E-state index in [9.17, 15) is 34.8 Å². The largest absolute Gasteiger partial charge is 0.417 e. The van der Waals surface area contributed by atoms with Crippen LogP contribution in [0.5, 0.6) is 0 Å². The normalized spacial score (nSPS) is 12.5. The molecule has 0 saturated carbocycles. The zero-order valence-corrected chi connectivity index (χ0v) is 18.2. The maximum atomic E-state index is 12.9. The summed E-state index contributed by atoms with van der Waals surface area (Å²) in [7, 11) is -6.70. The molecule has 0 radical (unpaired) electrons. The molecular formula is C17H17ClF3N3O5S2. The van der Waals surface area contributed by atoms with E-state index < -0.39 is 47.6 Å². The fourth-order valence-corrected chi connectivity index (χ4v) is 4.34. The van der Waals surface area contributed by atoms with Gasteiger partial charge in [-0.1, -0.05) is 11.6 Å². The van der Waals surface area contributed by atoms with Gasteiger partial charge in [0.05, 0.1) is 20.4 Å². The van der Waals surface area contributed by atoms with Gasteiger partial charge in [0, 0.05) is 18.7 Å². The molecule has 2 rings (SSSR count). The highest BCUT2D eigenvalue weighted by atomic mass is 35.5. The van der Waals surface area contributed by atoms with E-state index in [2.05, 4.69) is 10.0 Å². The molecular weight excluding hydrogens is 483 g/mol. The number of alkyl halides is 3. The van der Waals surface area contributed by atoms with Crippen molar-refractivity contribution in [3.05, 3.63) is 53.1 Å². The molecule has 14 heteroatoms. The fraction of sp³-hybridized carbons (Fsp3) is 0.235. The number of hydrogen-bond donors (Lipinski definition) is 3. The van der Waals surface area contributed by atoms with Gasteiger partial charge >= 0.3 is 6.18 Å². The predicted octanol–water partition coefficient (Wildman–Crippen LogP) is 2.57. The first kappa shape index (κ1) is 25.1. The van der Waals surface area contributed by atoms with Gasteiger partial charge in [0.25, 0.3) is 0 Å². The SMILES string of the molecule is CNS(=O)(=O)c1ccc(NC(=O)CCNS(=O)(=O)c2ccc(Cl)c(C(F)(F)F)c2)cc1. The lowest BCUT2D eigenvalue weighted by Crippen LogP contribution is -2.28. The molecule has 0 bridgehead atoms. The third kappa shape index (κ3) is 6.64. The monoisotopic (exact) mass is 499 g/mol. The summed E-state index contributed by atoms with van der Waals surface area (Å²) < 4.78 is 90.6. The highest BCUT2D eigenvalue weighted by Gasteiger charge is 2.34. The van der Waals surface area contributed by atoms with Crippen molar-refractivity contribution in [3.8, 4) is 0 Å². The minimum Gasteiger partial charge on any atom is -0.326 e. The van der Waals surface area contributed by atoms with Crippen LogP contribution in [0.3, 0.4) is 0 Å². The molecule has 31 heavy (non-hydrogen) atoms. The summed E-state index contributed by atoms with van der Waals surface area (Å²) in [5.74, 6) is -0.598. The van der Waals surface area contributed by atoms with Crippen LogP contribution < -0.4 is 14.8 Å². The molecule has 2 aromatic rings. The lowest BCUT2D eigenvalue weighted by atomic mass is 10.2. The number of hydrogen-bond acceptors (Lipinski definition) is 5. The van der Waals surface area contributed by atoms with Crippen LogP contribution in [0.1, 0.15) is 12.0 Å². The van der Waals surface area contributed by atoms with Crippen LogP contribution in [0, 0.1) is 0 Å². The molecule has 0 atom stereocenters. The Hall–Kier alpha value is -2.19. The highest BCUT2D eigenvalue weighted by Crippen LogP contribution is 2.35. The van der Waals surface area contributed by atoms with Crippen LogP contribution in [0.25, 0.3) is 0 Å². The summed E-state index contributed by atoms with van der Waals surface area (Å²) in [5.41, 5.74) is -1.02. The molecule has 0 saturated heterocycles. The van der Waals surface area contributed by atoms with Gasteiger partial charge in [0.15, 0.2) is 0 Å². The van der Waals surface area contributed by atoms with Crippen molar-refractivity contribution in [2.45, 2.75) is 22.4 Å². The number of carbonyl (C=O) groups excluding carboxylic acids is 1. The van der Waals surface area contributed by atoms with E-state index in [1.807, 2.05) is 4.72 Å². The zero-order chi connectivity index (χ0) is 23.4. The van der Waals surface area contributed by atoms with Gasteiger partial charge in [-0.2, -0.15) is 13.2 Å². The topological polar surface area (TPSA) is 121 Å². The van der Waals surface area contributed by atoms with Gasteiger partial charge in [-0.15, -0.1) is 0 Å². The molecule has 1 amide bonds. The Bertz CT molecular complexity index is 1170. The molecule has 0 heterocycles. The summed E-state index contributed by atoms with van der Waals surface area (Å²) in [5, 5.41) is 1.81. The van der Waals surface area contributed by atoms with Crippen molar-refractivity contribution >= 4 is 43.2 Å². The van der Waals surface area contributed by atoms with E-state index in [4.69, 9.17) is 11.6 Å². The standard InChI is InChI=1S/C17H17ClF3N3O5S2/c1-22-30(26,27)12-4-2-11(3-5-12)24-16(25)8-9-23-31(28,29)13-6-7-15(18)14(10-13)17(19,20)21/h2-7,10,22-23H,8-9H2,1H3,(H,24,25). The van der Waals surface area contributed by atoms with Crippen molar-refractivity contribution < 1.29 is 34.8 Å². The van der Waals surface area contributed by atoms with Crippen LogP contribution in [-0.2, 0) is 31.0 Å². The lowest BCUT2D eigenvalue weighted by Gasteiger charge is -2.12. The van der Waals surface area contributed by atoms with Crippen LogP contribution >= 0.6 is 11.6 Å². The van der Waals surface area contributed by atoms with Crippen LogP contribution in [0.2, 0.25) is 5.02 Å². The third-order valence-corrected chi connectivity index (χ3v) is 7.13. The summed E-state index contributed by atoms with van der Waals surface area (Å²) in [6, 6.07) is 7.37. The lowest BCUT2D eigenvalue weighted by molar-refractivity contribution is -0.137. The molecule has 2 aromatic carbocycles. The maximum absolute atomic E-state index is 12.9. The van der Waals surface area contributed by atoms with Gasteiger partial charge in [0.2, 0.25) is 26.0 Å². The number of halogens is 4. The molecule has 0 aliphatic heterocycles. The van der Waals surface area contributed by atoms with Crippen LogP contribution in [0.4, 0.5) is 18.9 Å². The van der Waals surface area contributed by atoms with E-state index in [-0.39, 0.29) is 23.5 Å². The number of rotatable bonds is 8. The Morgan fingerprint density at radius 2 is 1.55 bits per heavy atom. The van der Waals surface area contributed by atoms with Gasteiger partial charge < -0.3 is 5.32 Å². The number of nitrogens with one attached hydrogen (secondary N) is 3. The van der Waals surface area contributed by atoms with E-state index in [0.29, 0.717) is 6.07 Å². The quantitative estimate of drug-likeness (QED) is 0.515. The van der Waals surface area contributed by atoms with Crippen molar-refractivity contribution in [2.75, 3.05) is 18.9 Å². The second-order valence-electron chi connectivity index (χ2n) is 6.07. The molecule has 0 aliphatic rings. The highest BCUT2D eigenvalue weighted by molar-refractivity contribution is 7.89. The number of sulfonamides is 2. The average Bonchev–Trinajstić information content (AvgIpc) is 2.67. The third-order valence-electron chi connectivity index (χ3n) is 3.91. The van der Waals surface area contributed by atoms with Crippen molar-refractivity contribution in [3.63, 3.8) is 0 Å². The van der Waals surface area contributed by atoms with E-state index in [0.717, 1.165) is 12.1 Å². The summed E-state index contributed by atoms with van der Waals surface area (Å²) in [6.07, 6.45) is -5.15. The minimum absolute atomic E-state index is 0.0121. The molecule has 0 fully saturated rings. The molecule has 170 valence electrons. The first-order valence-corrected chi connectivity index (χ1v) is 11.8. The van der Waals surface area contributed by atoms with Crippen molar-refractivity contribution in [1.29, 1.82) is 0 Å². The first-order chi connectivity index (χ1) is 14.3. The summed E-state index contributed by atoms with van der Waals surface area (Å²) >= 11 is 5.47. The average molecular weight is 500 g/mol. The molecule has 8 nitrogen and oxygen atoms in total. The van der Waals surface area contributed by atoms with Crippen molar-refractivity contribution in [1.82, 2.24) is 9.44 Å². The van der Waals surface area contributed by atoms with Gasteiger partial charge in [-0.05, 0) is 49.5 Å². The maximum Gasteiger partial charge on any atom is 0.417 e. The second-order valence-corrected chi connectivity index (χ2v) is 10.1. The second kappa shape index (κ2) is 9.53. The number of anilines is 1. The number of amides is 1. The zero-order valence-electron chi connectivity index (χ0n) is 15.8. The fourth-order valence-electron chi connectivity index (χ4n) is 2.33. The minimum atomic E-state index is -4.83. The Morgan fingerprint density at radius 1 is 0.968 bits per heavy atom. The smallest absolute Gasteiger partial charge is 0.326 e. The van der Waals surface area contributed by atoms with Crippen LogP contribution in [0.15, 0.2) is 52.3 Å². The van der Waals surface area contributed by atoms with E-state index in [1.165, 1.54) is 31.3 Å². The number of benzene rings is 2. The summed E-state index contributed by atoms with van der Waals surface area (Å²) in [4.78, 5) is 11.3.